The lowest BCUT2D eigenvalue weighted by Crippen LogP contribution is -2.14. The van der Waals surface area contributed by atoms with Crippen molar-refractivity contribution in [2.45, 2.75) is 13.5 Å². The predicted molar refractivity (Wildman–Crippen MR) is 83.0 cm³/mol. The number of aryl methyl sites for hydroxylation is 1. The predicted octanol–water partition coefficient (Wildman–Crippen LogP) is 1.77. The fourth-order valence-corrected chi connectivity index (χ4v) is 1.92. The largest absolute Gasteiger partial charge is 0.491 e. The first-order valence-corrected chi connectivity index (χ1v) is 7.30. The van der Waals surface area contributed by atoms with Gasteiger partial charge in [-0.3, -0.25) is 0 Å². The smallest absolute Gasteiger partial charge is 0.126 e. The van der Waals surface area contributed by atoms with Gasteiger partial charge in [0.2, 0.25) is 0 Å². The molecular weight excluding hydrogens is 270 g/mol. The highest BCUT2D eigenvalue weighted by Crippen LogP contribution is 2.23. The third-order valence-corrected chi connectivity index (χ3v) is 2.94. The lowest BCUT2D eigenvalue weighted by molar-refractivity contribution is 0.0178. The molecule has 0 aromatic heterocycles. The average Bonchev–Trinajstić information content (AvgIpc) is 2.48. The molecule has 5 heteroatoms. The van der Waals surface area contributed by atoms with Gasteiger partial charge < -0.3 is 24.3 Å². The third kappa shape index (κ3) is 7.43. The molecule has 0 saturated carbocycles. The Morgan fingerprint density at radius 3 is 2.29 bits per heavy atom. The molecule has 1 N–H and O–H groups in total. The summed E-state index contributed by atoms with van der Waals surface area (Å²) in [6, 6.07) is 6.17. The summed E-state index contributed by atoms with van der Waals surface area (Å²) >= 11 is 0. The lowest BCUT2D eigenvalue weighted by Gasteiger charge is -2.14. The van der Waals surface area contributed by atoms with Crippen LogP contribution in [0.1, 0.15) is 11.1 Å². The number of para-hydroxylation sites is 1. The molecule has 1 rings (SSSR count). The number of methoxy groups -OCH3 is 1. The lowest BCUT2D eigenvalue weighted by atomic mass is 10.1. The molecule has 1 aromatic carbocycles. The number of rotatable bonds is 12. The van der Waals surface area contributed by atoms with E-state index in [-0.39, 0.29) is 0 Å². The van der Waals surface area contributed by atoms with E-state index >= 15 is 0 Å². The highest BCUT2D eigenvalue weighted by Gasteiger charge is 2.05. The van der Waals surface area contributed by atoms with Gasteiger partial charge in [0.25, 0.3) is 0 Å². The Balaban J connectivity index is 2.18. The van der Waals surface area contributed by atoms with Crippen LogP contribution in [0.4, 0.5) is 0 Å². The number of ether oxygens (including phenoxy) is 4. The topological polar surface area (TPSA) is 49.0 Å². The fraction of sp³-hybridized carbons (Fsp3) is 0.625. The van der Waals surface area contributed by atoms with Crippen molar-refractivity contribution in [1.29, 1.82) is 0 Å². The third-order valence-electron chi connectivity index (χ3n) is 2.94. The molecule has 21 heavy (non-hydrogen) atoms. The van der Waals surface area contributed by atoms with Crippen molar-refractivity contribution in [3.05, 3.63) is 29.3 Å². The molecule has 120 valence electrons. The molecule has 0 saturated heterocycles. The van der Waals surface area contributed by atoms with Gasteiger partial charge in [0, 0.05) is 19.2 Å². The van der Waals surface area contributed by atoms with Gasteiger partial charge in [-0.2, -0.15) is 0 Å². The number of hydrogen-bond acceptors (Lipinski definition) is 5. The zero-order valence-electron chi connectivity index (χ0n) is 13.3. The zero-order chi connectivity index (χ0) is 15.3. The molecule has 0 aliphatic heterocycles. The van der Waals surface area contributed by atoms with Gasteiger partial charge in [-0.25, -0.2) is 0 Å². The van der Waals surface area contributed by atoms with Crippen molar-refractivity contribution >= 4 is 0 Å². The minimum absolute atomic E-state index is 0.541. The molecular formula is C16H27NO4. The van der Waals surface area contributed by atoms with Crippen molar-refractivity contribution in [1.82, 2.24) is 5.32 Å². The monoisotopic (exact) mass is 297 g/mol. The van der Waals surface area contributed by atoms with E-state index in [1.54, 1.807) is 7.11 Å². The van der Waals surface area contributed by atoms with Crippen LogP contribution in [0.25, 0.3) is 0 Å². The van der Waals surface area contributed by atoms with Crippen LogP contribution in [-0.2, 0) is 20.8 Å². The molecule has 0 bridgehead atoms. The molecule has 0 heterocycles. The summed E-state index contributed by atoms with van der Waals surface area (Å²) in [7, 11) is 3.59. The first kappa shape index (κ1) is 17.9. The zero-order valence-corrected chi connectivity index (χ0v) is 13.3. The molecule has 1 aromatic rings. The number of benzene rings is 1. The van der Waals surface area contributed by atoms with Gasteiger partial charge in [0.1, 0.15) is 12.4 Å². The second-order valence-corrected chi connectivity index (χ2v) is 4.66. The van der Waals surface area contributed by atoms with E-state index < -0.39 is 0 Å². The van der Waals surface area contributed by atoms with E-state index in [2.05, 4.69) is 24.4 Å². The summed E-state index contributed by atoms with van der Waals surface area (Å²) in [6.45, 7) is 6.32. The Bertz CT molecular complexity index is 385. The van der Waals surface area contributed by atoms with Crippen LogP contribution in [0.2, 0.25) is 0 Å². The first-order chi connectivity index (χ1) is 10.3. The highest BCUT2D eigenvalue weighted by molar-refractivity contribution is 5.40. The van der Waals surface area contributed by atoms with E-state index in [0.29, 0.717) is 39.6 Å². The molecule has 0 amide bonds. The van der Waals surface area contributed by atoms with Crippen molar-refractivity contribution < 1.29 is 18.9 Å². The van der Waals surface area contributed by atoms with Crippen LogP contribution in [-0.4, -0.2) is 53.8 Å². The van der Waals surface area contributed by atoms with Gasteiger partial charge in [0.05, 0.1) is 33.0 Å². The number of nitrogens with one attached hydrogen (secondary N) is 1. The van der Waals surface area contributed by atoms with Crippen LogP contribution in [0.5, 0.6) is 5.75 Å². The van der Waals surface area contributed by atoms with E-state index in [1.165, 1.54) is 5.56 Å². The Kier molecular flexibility index (Phi) is 9.82. The van der Waals surface area contributed by atoms with Gasteiger partial charge in [-0.15, -0.1) is 0 Å². The molecule has 0 radical (unpaired) electrons. The van der Waals surface area contributed by atoms with Crippen molar-refractivity contribution in [3.63, 3.8) is 0 Å². The highest BCUT2D eigenvalue weighted by atomic mass is 16.6. The van der Waals surface area contributed by atoms with Crippen LogP contribution in [0.15, 0.2) is 18.2 Å². The van der Waals surface area contributed by atoms with E-state index in [0.717, 1.165) is 17.9 Å². The Morgan fingerprint density at radius 2 is 1.62 bits per heavy atom. The molecule has 0 aliphatic carbocycles. The molecule has 0 fully saturated rings. The minimum atomic E-state index is 0.541. The second kappa shape index (κ2) is 11.5. The minimum Gasteiger partial charge on any atom is -0.491 e. The van der Waals surface area contributed by atoms with Crippen LogP contribution < -0.4 is 10.1 Å². The van der Waals surface area contributed by atoms with Crippen molar-refractivity contribution in [2.24, 2.45) is 0 Å². The Hall–Kier alpha value is -1.14. The molecule has 0 spiro atoms. The van der Waals surface area contributed by atoms with Crippen molar-refractivity contribution in [3.8, 4) is 5.75 Å². The molecule has 0 atom stereocenters. The summed E-state index contributed by atoms with van der Waals surface area (Å²) < 4.78 is 21.5. The quantitative estimate of drug-likeness (QED) is 0.596. The van der Waals surface area contributed by atoms with Gasteiger partial charge in [-0.05, 0) is 19.5 Å². The van der Waals surface area contributed by atoms with Crippen molar-refractivity contribution in [2.75, 3.05) is 53.8 Å². The normalized spacial score (nSPS) is 10.8. The van der Waals surface area contributed by atoms with Gasteiger partial charge in [0.15, 0.2) is 0 Å². The van der Waals surface area contributed by atoms with Crippen LogP contribution in [0, 0.1) is 6.92 Å². The maximum atomic E-state index is 5.84. The van der Waals surface area contributed by atoms with Crippen LogP contribution >= 0.6 is 0 Å². The van der Waals surface area contributed by atoms with Gasteiger partial charge >= 0.3 is 0 Å². The van der Waals surface area contributed by atoms with Crippen LogP contribution in [0.3, 0.4) is 0 Å². The number of hydrogen-bond donors (Lipinski definition) is 1. The maximum absolute atomic E-state index is 5.84. The molecule has 5 nitrogen and oxygen atoms in total. The SMILES string of the molecule is CNCc1cccc(C)c1OCCOCCOCCOC. The Labute approximate surface area is 127 Å². The maximum Gasteiger partial charge on any atom is 0.126 e. The summed E-state index contributed by atoms with van der Waals surface area (Å²) in [4.78, 5) is 0. The molecule has 0 aliphatic rings. The fourth-order valence-electron chi connectivity index (χ4n) is 1.92. The second-order valence-electron chi connectivity index (χ2n) is 4.66. The molecule has 0 unspecified atom stereocenters. The standard InChI is InChI=1S/C16H27NO4/c1-14-5-4-6-15(13-17-2)16(14)21-12-11-20-10-9-19-8-7-18-3/h4-6,17H,7-13H2,1-3H3. The van der Waals surface area contributed by atoms with E-state index in [1.807, 2.05) is 13.1 Å². The van der Waals surface area contributed by atoms with E-state index in [9.17, 15) is 0 Å². The van der Waals surface area contributed by atoms with Gasteiger partial charge in [-0.1, -0.05) is 18.2 Å². The summed E-state index contributed by atoms with van der Waals surface area (Å²) in [6.07, 6.45) is 0. The Morgan fingerprint density at radius 1 is 0.952 bits per heavy atom. The average molecular weight is 297 g/mol. The summed E-state index contributed by atoms with van der Waals surface area (Å²) in [5.41, 5.74) is 2.31. The summed E-state index contributed by atoms with van der Waals surface area (Å²) in [5, 5.41) is 3.15. The summed E-state index contributed by atoms with van der Waals surface area (Å²) in [5.74, 6) is 0.951. The first-order valence-electron chi connectivity index (χ1n) is 7.30. The van der Waals surface area contributed by atoms with E-state index in [4.69, 9.17) is 18.9 Å².